The molecule has 0 aliphatic rings. The number of ether oxygens (including phenoxy) is 3. The molecule has 2 rings (SSSR count). The molecule has 0 saturated carbocycles. The van der Waals surface area contributed by atoms with Gasteiger partial charge in [0.25, 0.3) is 0 Å². The van der Waals surface area contributed by atoms with Crippen LogP contribution in [0.3, 0.4) is 0 Å². The third kappa shape index (κ3) is 5.06. The summed E-state index contributed by atoms with van der Waals surface area (Å²) in [5.41, 5.74) is 2.83. The summed E-state index contributed by atoms with van der Waals surface area (Å²) in [5, 5.41) is 0. The smallest absolute Gasteiger partial charge is 0.308 e. The summed E-state index contributed by atoms with van der Waals surface area (Å²) in [7, 11) is 0. The molecule has 2 aromatic carbocycles. The van der Waals surface area contributed by atoms with Gasteiger partial charge in [-0.1, -0.05) is 34.1 Å². The predicted molar refractivity (Wildman–Crippen MR) is 97.0 cm³/mol. The summed E-state index contributed by atoms with van der Waals surface area (Å²) in [6.45, 7) is 6.79. The van der Waals surface area contributed by atoms with E-state index in [-0.39, 0.29) is 18.1 Å². The normalized spacial score (nSPS) is 10.3. The molecule has 6 heteroatoms. The number of hydrogen-bond donors (Lipinski definition) is 0. The SMILES string of the molecule is CC(=O)Oc1cc(Br)c(COc2c(C)cccc2C)cc1OC(C)=O. The molecule has 0 unspecified atom stereocenters. The second-order valence-electron chi connectivity index (χ2n) is 5.59. The van der Waals surface area contributed by atoms with Crippen molar-refractivity contribution < 1.29 is 23.8 Å². The molecule has 0 saturated heterocycles. The minimum Gasteiger partial charge on any atom is -0.488 e. The molecule has 0 atom stereocenters. The van der Waals surface area contributed by atoms with Crippen LogP contribution in [-0.4, -0.2) is 11.9 Å². The van der Waals surface area contributed by atoms with E-state index in [4.69, 9.17) is 14.2 Å². The summed E-state index contributed by atoms with van der Waals surface area (Å²) in [4.78, 5) is 22.5. The van der Waals surface area contributed by atoms with Crippen LogP contribution < -0.4 is 14.2 Å². The second kappa shape index (κ2) is 8.16. The first-order valence-corrected chi connectivity index (χ1v) is 8.45. The maximum absolute atomic E-state index is 11.3. The highest BCUT2D eigenvalue weighted by molar-refractivity contribution is 9.10. The Morgan fingerprint density at radius 1 is 0.960 bits per heavy atom. The first-order valence-electron chi connectivity index (χ1n) is 7.66. The number of para-hydroxylation sites is 1. The van der Waals surface area contributed by atoms with Gasteiger partial charge in [0, 0.05) is 23.9 Å². The largest absolute Gasteiger partial charge is 0.488 e. The van der Waals surface area contributed by atoms with Gasteiger partial charge >= 0.3 is 11.9 Å². The molecule has 0 bridgehead atoms. The van der Waals surface area contributed by atoms with Crippen LogP contribution in [0.15, 0.2) is 34.8 Å². The van der Waals surface area contributed by atoms with E-state index < -0.39 is 11.9 Å². The second-order valence-corrected chi connectivity index (χ2v) is 6.44. The Bertz CT molecular complexity index is 793. The van der Waals surface area contributed by atoms with Gasteiger partial charge in [0.2, 0.25) is 0 Å². The van der Waals surface area contributed by atoms with Crippen molar-refractivity contribution in [2.45, 2.75) is 34.3 Å². The molecule has 0 heterocycles. The van der Waals surface area contributed by atoms with Gasteiger partial charge in [-0.25, -0.2) is 0 Å². The standard InChI is InChI=1S/C19H19BrO5/c1-11-6-5-7-12(2)19(11)23-10-15-8-17(24-13(3)21)18(9-16(15)20)25-14(4)22/h5-9H,10H2,1-4H3. The van der Waals surface area contributed by atoms with Crippen LogP contribution in [0.25, 0.3) is 0 Å². The Hall–Kier alpha value is -2.34. The lowest BCUT2D eigenvalue weighted by Crippen LogP contribution is -2.08. The molecule has 2 aromatic rings. The molecule has 0 aliphatic heterocycles. The lowest BCUT2D eigenvalue weighted by Gasteiger charge is -2.15. The Morgan fingerprint density at radius 3 is 2.00 bits per heavy atom. The molecule has 0 aromatic heterocycles. The number of rotatable bonds is 5. The van der Waals surface area contributed by atoms with Crippen molar-refractivity contribution in [3.05, 3.63) is 51.5 Å². The molecular weight excluding hydrogens is 388 g/mol. The van der Waals surface area contributed by atoms with Crippen LogP contribution in [0.2, 0.25) is 0 Å². The van der Waals surface area contributed by atoms with Crippen LogP contribution in [0.4, 0.5) is 0 Å². The van der Waals surface area contributed by atoms with E-state index in [0.717, 1.165) is 22.4 Å². The number of aryl methyl sites for hydroxylation is 2. The lowest BCUT2D eigenvalue weighted by molar-refractivity contribution is -0.134. The van der Waals surface area contributed by atoms with Gasteiger partial charge in [-0.3, -0.25) is 9.59 Å². The zero-order valence-corrected chi connectivity index (χ0v) is 16.1. The number of esters is 2. The molecule has 5 nitrogen and oxygen atoms in total. The minimum atomic E-state index is -0.502. The molecule has 0 radical (unpaired) electrons. The van der Waals surface area contributed by atoms with E-state index in [9.17, 15) is 9.59 Å². The topological polar surface area (TPSA) is 61.8 Å². The Morgan fingerprint density at radius 2 is 1.48 bits per heavy atom. The van der Waals surface area contributed by atoms with Crippen molar-refractivity contribution in [1.82, 2.24) is 0 Å². The van der Waals surface area contributed by atoms with E-state index in [0.29, 0.717) is 4.47 Å². The zero-order valence-electron chi connectivity index (χ0n) is 14.5. The van der Waals surface area contributed by atoms with E-state index >= 15 is 0 Å². The maximum Gasteiger partial charge on any atom is 0.308 e. The van der Waals surface area contributed by atoms with Gasteiger partial charge in [-0.05, 0) is 37.1 Å². The van der Waals surface area contributed by atoms with Crippen molar-refractivity contribution in [3.63, 3.8) is 0 Å². The molecular formula is C19H19BrO5. The van der Waals surface area contributed by atoms with Gasteiger partial charge in [0.15, 0.2) is 11.5 Å². The van der Waals surface area contributed by atoms with Crippen LogP contribution in [0.5, 0.6) is 17.2 Å². The van der Waals surface area contributed by atoms with E-state index in [1.807, 2.05) is 32.0 Å². The van der Waals surface area contributed by atoms with Gasteiger partial charge in [0.05, 0.1) is 0 Å². The average molecular weight is 407 g/mol. The lowest BCUT2D eigenvalue weighted by atomic mass is 10.1. The van der Waals surface area contributed by atoms with Gasteiger partial charge in [-0.15, -0.1) is 0 Å². The number of carbonyl (C=O) groups is 2. The number of halogens is 1. The third-order valence-corrected chi connectivity index (χ3v) is 4.14. The maximum atomic E-state index is 11.3. The molecule has 25 heavy (non-hydrogen) atoms. The monoisotopic (exact) mass is 406 g/mol. The number of hydrogen-bond acceptors (Lipinski definition) is 5. The van der Waals surface area contributed by atoms with E-state index in [2.05, 4.69) is 15.9 Å². The van der Waals surface area contributed by atoms with Crippen LogP contribution >= 0.6 is 15.9 Å². The first kappa shape index (κ1) is 19.0. The summed E-state index contributed by atoms with van der Waals surface area (Å²) in [5.74, 6) is 0.154. The summed E-state index contributed by atoms with van der Waals surface area (Å²) < 4.78 is 16.9. The fourth-order valence-electron chi connectivity index (χ4n) is 2.33. The average Bonchev–Trinajstić information content (AvgIpc) is 2.49. The van der Waals surface area contributed by atoms with Crippen molar-refractivity contribution in [2.75, 3.05) is 0 Å². The fourth-order valence-corrected chi connectivity index (χ4v) is 2.77. The highest BCUT2D eigenvalue weighted by Crippen LogP contribution is 2.35. The summed E-state index contributed by atoms with van der Waals surface area (Å²) >= 11 is 3.44. The minimum absolute atomic E-state index is 0.172. The van der Waals surface area contributed by atoms with Crippen molar-refractivity contribution in [3.8, 4) is 17.2 Å². The van der Waals surface area contributed by atoms with Gasteiger partial charge < -0.3 is 14.2 Å². The Balaban J connectivity index is 2.31. The Kier molecular flexibility index (Phi) is 6.20. The summed E-state index contributed by atoms with van der Waals surface area (Å²) in [6.07, 6.45) is 0. The molecule has 0 aliphatic carbocycles. The van der Waals surface area contributed by atoms with Crippen molar-refractivity contribution in [1.29, 1.82) is 0 Å². The van der Waals surface area contributed by atoms with E-state index in [1.54, 1.807) is 12.1 Å². The Labute approximate surface area is 155 Å². The zero-order chi connectivity index (χ0) is 18.6. The van der Waals surface area contributed by atoms with E-state index in [1.165, 1.54) is 13.8 Å². The molecule has 0 spiro atoms. The van der Waals surface area contributed by atoms with Crippen molar-refractivity contribution in [2.24, 2.45) is 0 Å². The molecule has 0 N–H and O–H groups in total. The highest BCUT2D eigenvalue weighted by atomic mass is 79.9. The van der Waals surface area contributed by atoms with Crippen LogP contribution in [0, 0.1) is 13.8 Å². The predicted octanol–water partition coefficient (Wildman–Crippen LogP) is 4.50. The van der Waals surface area contributed by atoms with Crippen LogP contribution in [0.1, 0.15) is 30.5 Å². The number of carbonyl (C=O) groups excluding carboxylic acids is 2. The quantitative estimate of drug-likeness (QED) is 0.540. The van der Waals surface area contributed by atoms with Gasteiger partial charge in [0.1, 0.15) is 12.4 Å². The van der Waals surface area contributed by atoms with Crippen molar-refractivity contribution >= 4 is 27.9 Å². The van der Waals surface area contributed by atoms with Crippen LogP contribution in [-0.2, 0) is 16.2 Å². The molecule has 0 fully saturated rings. The highest BCUT2D eigenvalue weighted by Gasteiger charge is 2.15. The van der Waals surface area contributed by atoms with Gasteiger partial charge in [-0.2, -0.15) is 0 Å². The first-order chi connectivity index (χ1) is 11.8. The third-order valence-electron chi connectivity index (χ3n) is 3.40. The fraction of sp³-hybridized carbons (Fsp3) is 0.263. The molecule has 132 valence electrons. The number of benzene rings is 2. The summed E-state index contributed by atoms with van der Waals surface area (Å²) in [6, 6.07) is 9.14. The molecule has 0 amide bonds.